The van der Waals surface area contributed by atoms with Crippen molar-refractivity contribution in [3.05, 3.63) is 0 Å². The van der Waals surface area contributed by atoms with Gasteiger partial charge >= 0.3 is 11.9 Å². The van der Waals surface area contributed by atoms with E-state index in [1.165, 1.54) is 89.9 Å². The molecule has 0 aliphatic rings. The van der Waals surface area contributed by atoms with Crippen LogP contribution < -0.4 is 0 Å². The molecule has 0 rings (SSSR count). The van der Waals surface area contributed by atoms with Crippen molar-refractivity contribution in [2.24, 2.45) is 0 Å². The SMILES string of the molecule is CCCCCCCCCCCC(=O)N(CCCCCCCCCCN(CCC(=O)O)C(=O)CCCCCCCCCCC)CCC(=O)O. The molecule has 2 N–H and O–H groups in total. The Hall–Kier alpha value is -2.12. The van der Waals surface area contributed by atoms with E-state index < -0.39 is 11.9 Å². The summed E-state index contributed by atoms with van der Waals surface area (Å²) < 4.78 is 0. The monoisotopic (exact) mass is 681 g/mol. The average molecular weight is 681 g/mol. The number of rotatable bonds is 37. The summed E-state index contributed by atoms with van der Waals surface area (Å²) in [4.78, 5) is 51.4. The van der Waals surface area contributed by atoms with Crippen molar-refractivity contribution in [2.45, 2.75) is 206 Å². The molecule has 0 heterocycles. The summed E-state index contributed by atoms with van der Waals surface area (Å²) in [6.45, 7) is 6.35. The molecule has 0 atom stereocenters. The molecule has 0 saturated heterocycles. The Morgan fingerprint density at radius 1 is 0.333 bits per heavy atom. The van der Waals surface area contributed by atoms with E-state index >= 15 is 0 Å². The van der Waals surface area contributed by atoms with Crippen LogP contribution in [-0.2, 0) is 19.2 Å². The van der Waals surface area contributed by atoms with Gasteiger partial charge in [-0.05, 0) is 25.7 Å². The van der Waals surface area contributed by atoms with Crippen LogP contribution in [0.2, 0.25) is 0 Å². The quantitative estimate of drug-likeness (QED) is 0.0631. The summed E-state index contributed by atoms with van der Waals surface area (Å²) in [5, 5.41) is 18.3. The third-order valence-corrected chi connectivity index (χ3v) is 9.49. The molecule has 0 aliphatic heterocycles. The lowest BCUT2D eigenvalue weighted by Crippen LogP contribution is -2.33. The van der Waals surface area contributed by atoms with Crippen LogP contribution >= 0.6 is 0 Å². The van der Waals surface area contributed by atoms with E-state index in [2.05, 4.69) is 13.8 Å². The van der Waals surface area contributed by atoms with Crippen molar-refractivity contribution in [1.29, 1.82) is 0 Å². The normalized spacial score (nSPS) is 11.1. The molecule has 2 amide bonds. The zero-order valence-corrected chi connectivity index (χ0v) is 31.5. The Morgan fingerprint density at radius 2 is 0.583 bits per heavy atom. The first-order chi connectivity index (χ1) is 23.3. The van der Waals surface area contributed by atoms with Gasteiger partial charge in [0.25, 0.3) is 0 Å². The van der Waals surface area contributed by atoms with Crippen LogP contribution in [0.4, 0.5) is 0 Å². The van der Waals surface area contributed by atoms with Crippen molar-refractivity contribution in [2.75, 3.05) is 26.2 Å². The zero-order chi connectivity index (χ0) is 35.5. The largest absolute Gasteiger partial charge is 0.481 e. The van der Waals surface area contributed by atoms with Crippen molar-refractivity contribution < 1.29 is 29.4 Å². The van der Waals surface area contributed by atoms with E-state index in [0.717, 1.165) is 77.0 Å². The molecule has 0 bridgehead atoms. The number of nitrogens with zero attached hydrogens (tertiary/aromatic N) is 2. The molecule has 282 valence electrons. The predicted octanol–water partition coefficient (Wildman–Crippen LogP) is 10.6. The van der Waals surface area contributed by atoms with Gasteiger partial charge in [0.2, 0.25) is 11.8 Å². The molecule has 0 radical (unpaired) electrons. The predicted molar refractivity (Wildman–Crippen MR) is 198 cm³/mol. The number of hydrogen-bond acceptors (Lipinski definition) is 4. The molecule has 0 saturated carbocycles. The van der Waals surface area contributed by atoms with Crippen LogP contribution in [-0.4, -0.2) is 69.9 Å². The molecule has 8 heteroatoms. The lowest BCUT2D eigenvalue weighted by molar-refractivity contribution is -0.140. The van der Waals surface area contributed by atoms with E-state index in [1.54, 1.807) is 9.80 Å². The van der Waals surface area contributed by atoms with Gasteiger partial charge in [-0.25, -0.2) is 0 Å². The second-order valence-corrected chi connectivity index (χ2v) is 14.0. The number of amides is 2. The van der Waals surface area contributed by atoms with Gasteiger partial charge in [-0.15, -0.1) is 0 Å². The highest BCUT2D eigenvalue weighted by molar-refractivity contribution is 5.77. The van der Waals surface area contributed by atoms with Gasteiger partial charge in [-0.2, -0.15) is 0 Å². The molecular weight excluding hydrogens is 604 g/mol. The Labute approximate surface area is 295 Å². The van der Waals surface area contributed by atoms with Crippen LogP contribution in [0.3, 0.4) is 0 Å². The van der Waals surface area contributed by atoms with Crippen LogP contribution in [0.25, 0.3) is 0 Å². The summed E-state index contributed by atoms with van der Waals surface area (Å²) in [6.07, 6.45) is 31.2. The van der Waals surface area contributed by atoms with Crippen LogP contribution in [0.15, 0.2) is 0 Å². The Balaban J connectivity index is 4.12. The summed E-state index contributed by atoms with van der Waals surface area (Å²) in [6, 6.07) is 0. The van der Waals surface area contributed by atoms with Crippen molar-refractivity contribution in [3.8, 4) is 0 Å². The van der Waals surface area contributed by atoms with E-state index in [1.807, 2.05) is 0 Å². The van der Waals surface area contributed by atoms with Crippen molar-refractivity contribution >= 4 is 23.8 Å². The minimum absolute atomic E-state index is 0.00207. The van der Waals surface area contributed by atoms with Gasteiger partial charge in [-0.1, -0.05) is 155 Å². The van der Waals surface area contributed by atoms with Gasteiger partial charge in [0.05, 0.1) is 12.8 Å². The highest BCUT2D eigenvalue weighted by atomic mass is 16.4. The average Bonchev–Trinajstić information content (AvgIpc) is 3.06. The summed E-state index contributed by atoms with van der Waals surface area (Å²) in [7, 11) is 0. The second kappa shape index (κ2) is 34.7. The number of carboxylic acids is 2. The molecular formula is C40H76N2O6. The fourth-order valence-electron chi connectivity index (χ4n) is 6.34. The number of carboxylic acid groups (broad SMARTS) is 2. The Morgan fingerprint density at radius 3 is 0.854 bits per heavy atom. The summed E-state index contributed by atoms with van der Waals surface area (Å²) in [5.74, 6) is -1.51. The van der Waals surface area contributed by atoms with Gasteiger partial charge in [0.15, 0.2) is 0 Å². The zero-order valence-electron chi connectivity index (χ0n) is 31.5. The van der Waals surface area contributed by atoms with Gasteiger partial charge in [0.1, 0.15) is 0 Å². The second-order valence-electron chi connectivity index (χ2n) is 14.0. The van der Waals surface area contributed by atoms with E-state index in [9.17, 15) is 19.2 Å². The lowest BCUT2D eigenvalue weighted by atomic mass is 10.1. The van der Waals surface area contributed by atoms with Crippen molar-refractivity contribution in [1.82, 2.24) is 9.80 Å². The molecule has 0 aromatic carbocycles. The molecule has 0 unspecified atom stereocenters. The number of carbonyl (C=O) groups excluding carboxylic acids is 2. The molecule has 0 aromatic rings. The maximum atomic E-state index is 12.8. The number of carbonyl (C=O) groups is 4. The molecule has 0 aliphatic carbocycles. The molecule has 8 nitrogen and oxygen atoms in total. The van der Waals surface area contributed by atoms with E-state index in [0.29, 0.717) is 39.0 Å². The highest BCUT2D eigenvalue weighted by Gasteiger charge is 2.15. The Kier molecular flexibility index (Phi) is 33.2. The third-order valence-electron chi connectivity index (χ3n) is 9.49. The minimum Gasteiger partial charge on any atom is -0.481 e. The van der Waals surface area contributed by atoms with Gasteiger partial charge in [0, 0.05) is 39.0 Å². The highest BCUT2D eigenvalue weighted by Crippen LogP contribution is 2.15. The topological polar surface area (TPSA) is 115 Å². The minimum atomic E-state index is -0.857. The molecule has 0 aromatic heterocycles. The lowest BCUT2D eigenvalue weighted by Gasteiger charge is -2.22. The first kappa shape index (κ1) is 45.9. The summed E-state index contributed by atoms with van der Waals surface area (Å²) >= 11 is 0. The molecule has 48 heavy (non-hydrogen) atoms. The standard InChI is InChI=1S/C40H76N2O6/c1-3-5-7-9-11-13-17-21-25-29-37(43)41(35-31-39(45)46)33-27-23-19-15-16-20-24-28-34-42(36-32-40(47)48)38(44)30-26-22-18-14-12-10-8-6-4-2/h3-36H2,1-2H3,(H,45,46)(H,47,48). The summed E-state index contributed by atoms with van der Waals surface area (Å²) in [5.41, 5.74) is 0. The fraction of sp³-hybridized carbons (Fsp3) is 0.900. The van der Waals surface area contributed by atoms with Gasteiger partial charge in [-0.3, -0.25) is 19.2 Å². The van der Waals surface area contributed by atoms with Crippen LogP contribution in [0, 0.1) is 0 Å². The van der Waals surface area contributed by atoms with Crippen molar-refractivity contribution in [3.63, 3.8) is 0 Å². The third kappa shape index (κ3) is 31.2. The maximum Gasteiger partial charge on any atom is 0.305 e. The molecule has 0 fully saturated rings. The Bertz CT molecular complexity index is 726. The first-order valence-electron chi connectivity index (χ1n) is 20.3. The smallest absolute Gasteiger partial charge is 0.305 e. The number of unbranched alkanes of at least 4 members (excludes halogenated alkanes) is 23. The first-order valence-corrected chi connectivity index (χ1v) is 20.3. The van der Waals surface area contributed by atoms with Crippen LogP contribution in [0.1, 0.15) is 206 Å². The van der Waals surface area contributed by atoms with E-state index in [-0.39, 0.29) is 24.7 Å². The maximum absolute atomic E-state index is 12.8. The number of hydrogen-bond donors (Lipinski definition) is 2. The fourth-order valence-corrected chi connectivity index (χ4v) is 6.34. The van der Waals surface area contributed by atoms with E-state index in [4.69, 9.17) is 10.2 Å². The molecule has 0 spiro atoms. The van der Waals surface area contributed by atoms with Gasteiger partial charge < -0.3 is 20.0 Å². The number of aliphatic carboxylic acids is 2. The van der Waals surface area contributed by atoms with Crippen LogP contribution in [0.5, 0.6) is 0 Å².